The number of hydrogen-bond donors (Lipinski definition) is 0. The molecule has 0 bridgehead atoms. The maximum absolute atomic E-state index is 12.2. The van der Waals surface area contributed by atoms with Gasteiger partial charge >= 0.3 is 0 Å². The molecule has 0 saturated carbocycles. The van der Waals surface area contributed by atoms with Crippen LogP contribution in [-0.4, -0.2) is 39.2 Å². The first-order valence-electron chi connectivity index (χ1n) is 5.91. The molecule has 1 unspecified atom stereocenters. The van der Waals surface area contributed by atoms with E-state index in [0.29, 0.717) is 11.5 Å². The summed E-state index contributed by atoms with van der Waals surface area (Å²) in [5.74, 6) is 0.682. The molecule has 0 aliphatic carbocycles. The van der Waals surface area contributed by atoms with Crippen LogP contribution in [0.5, 0.6) is 0 Å². The van der Waals surface area contributed by atoms with Crippen molar-refractivity contribution in [3.8, 4) is 0 Å². The van der Waals surface area contributed by atoms with Crippen molar-refractivity contribution in [2.45, 2.75) is 19.3 Å². The fourth-order valence-electron chi connectivity index (χ4n) is 2.23. The van der Waals surface area contributed by atoms with E-state index in [-0.39, 0.29) is 5.91 Å². The highest BCUT2D eigenvalue weighted by molar-refractivity contribution is 9.09. The minimum absolute atomic E-state index is 0.0601. The summed E-state index contributed by atoms with van der Waals surface area (Å²) >= 11 is 3.46. The topological polar surface area (TPSA) is 46.1 Å². The molecule has 2 rings (SSSR count). The molecule has 1 atom stereocenters. The third kappa shape index (κ3) is 3.25. The number of amides is 1. The lowest BCUT2D eigenvalue weighted by molar-refractivity contribution is 0.0671. The minimum atomic E-state index is 0.0601. The highest BCUT2D eigenvalue weighted by atomic mass is 79.9. The Labute approximate surface area is 110 Å². The predicted octanol–water partition coefficient (Wildman–Crippen LogP) is 2.11. The molecule has 0 aromatic carbocycles. The monoisotopic (exact) mass is 297 g/mol. The summed E-state index contributed by atoms with van der Waals surface area (Å²) in [6.45, 7) is 1.71. The lowest BCUT2D eigenvalue weighted by atomic mass is 9.95. The van der Waals surface area contributed by atoms with Crippen molar-refractivity contribution in [2.24, 2.45) is 5.92 Å². The molecule has 5 heteroatoms. The zero-order chi connectivity index (χ0) is 12.1. The Balaban J connectivity index is 2.00. The van der Waals surface area contributed by atoms with Gasteiger partial charge in [0.1, 0.15) is 6.33 Å². The fourth-order valence-corrected chi connectivity index (χ4v) is 2.88. The third-order valence-corrected chi connectivity index (χ3v) is 3.59. The number of aromatic nitrogens is 2. The summed E-state index contributed by atoms with van der Waals surface area (Å²) in [4.78, 5) is 21.9. The maximum atomic E-state index is 12.2. The van der Waals surface area contributed by atoms with Gasteiger partial charge in [0, 0.05) is 30.8 Å². The average Bonchev–Trinajstić information content (AvgIpc) is 2.40. The van der Waals surface area contributed by atoms with Gasteiger partial charge in [-0.25, -0.2) is 9.97 Å². The van der Waals surface area contributed by atoms with Crippen LogP contribution >= 0.6 is 15.9 Å². The first kappa shape index (κ1) is 12.5. The van der Waals surface area contributed by atoms with Crippen molar-refractivity contribution in [3.05, 3.63) is 24.3 Å². The smallest absolute Gasteiger partial charge is 0.256 e. The molecule has 92 valence electrons. The number of carbonyl (C=O) groups is 1. The molecule has 1 amide bonds. The molecule has 0 spiro atoms. The van der Waals surface area contributed by atoms with Crippen LogP contribution in [0.3, 0.4) is 0 Å². The number of carbonyl (C=O) groups excluding carboxylic acids is 1. The van der Waals surface area contributed by atoms with Crippen LogP contribution in [0.25, 0.3) is 0 Å². The van der Waals surface area contributed by atoms with Gasteiger partial charge in [-0.2, -0.15) is 0 Å². The van der Waals surface area contributed by atoms with Gasteiger partial charge in [-0.1, -0.05) is 15.9 Å². The maximum Gasteiger partial charge on any atom is 0.256 e. The Morgan fingerprint density at radius 3 is 2.94 bits per heavy atom. The molecule has 0 radical (unpaired) electrons. The van der Waals surface area contributed by atoms with E-state index in [9.17, 15) is 4.79 Å². The Kier molecular flexibility index (Phi) is 4.48. The van der Waals surface area contributed by atoms with Gasteiger partial charge in [0.05, 0.1) is 5.56 Å². The summed E-state index contributed by atoms with van der Waals surface area (Å²) in [5, 5.41) is 1.01. The first-order chi connectivity index (χ1) is 8.31. The van der Waals surface area contributed by atoms with E-state index in [2.05, 4.69) is 25.9 Å². The van der Waals surface area contributed by atoms with Crippen LogP contribution in [0.2, 0.25) is 0 Å². The fraction of sp³-hybridized carbons (Fsp3) is 0.583. The quantitative estimate of drug-likeness (QED) is 0.803. The van der Waals surface area contributed by atoms with Gasteiger partial charge in [-0.15, -0.1) is 0 Å². The van der Waals surface area contributed by atoms with Crippen molar-refractivity contribution in [1.82, 2.24) is 14.9 Å². The molecule has 1 aromatic heterocycles. The van der Waals surface area contributed by atoms with Crippen LogP contribution in [-0.2, 0) is 0 Å². The molecule has 4 nitrogen and oxygen atoms in total. The van der Waals surface area contributed by atoms with Gasteiger partial charge in [-0.3, -0.25) is 4.79 Å². The lowest BCUT2D eigenvalue weighted by Crippen LogP contribution is -2.40. The molecular weight excluding hydrogens is 282 g/mol. The van der Waals surface area contributed by atoms with Crippen LogP contribution in [0, 0.1) is 5.92 Å². The number of hydrogen-bond acceptors (Lipinski definition) is 3. The van der Waals surface area contributed by atoms with Gasteiger partial charge in [0.25, 0.3) is 5.91 Å². The molecule has 2 heterocycles. The minimum Gasteiger partial charge on any atom is -0.338 e. The molecule has 0 N–H and O–H groups in total. The molecule has 1 aliphatic heterocycles. The van der Waals surface area contributed by atoms with Gasteiger partial charge in [0.15, 0.2) is 0 Å². The van der Waals surface area contributed by atoms with Crippen LogP contribution in [0.1, 0.15) is 29.6 Å². The number of nitrogens with zero attached hydrogens (tertiary/aromatic N) is 3. The van der Waals surface area contributed by atoms with E-state index in [1.807, 2.05) is 4.90 Å². The number of alkyl halides is 1. The molecule has 1 aliphatic rings. The molecule has 17 heavy (non-hydrogen) atoms. The van der Waals surface area contributed by atoms with Gasteiger partial charge < -0.3 is 4.90 Å². The SMILES string of the molecule is O=C(c1cncnc1)N1CCCC(CCBr)C1. The zero-order valence-electron chi connectivity index (χ0n) is 9.68. The Bertz CT molecular complexity index is 369. The van der Waals surface area contributed by atoms with Crippen molar-refractivity contribution in [1.29, 1.82) is 0 Å². The van der Waals surface area contributed by atoms with Crippen LogP contribution in [0.15, 0.2) is 18.7 Å². The van der Waals surface area contributed by atoms with Gasteiger partial charge in [0.2, 0.25) is 0 Å². The molecule has 1 saturated heterocycles. The van der Waals surface area contributed by atoms with Crippen molar-refractivity contribution in [2.75, 3.05) is 18.4 Å². The van der Waals surface area contributed by atoms with Crippen LogP contribution in [0.4, 0.5) is 0 Å². The molecule has 1 fully saturated rings. The second-order valence-corrected chi connectivity index (χ2v) is 5.16. The Morgan fingerprint density at radius 1 is 1.47 bits per heavy atom. The summed E-state index contributed by atoms with van der Waals surface area (Å²) in [7, 11) is 0. The predicted molar refractivity (Wildman–Crippen MR) is 69.1 cm³/mol. The van der Waals surface area contributed by atoms with E-state index in [0.717, 1.165) is 31.3 Å². The summed E-state index contributed by atoms with van der Waals surface area (Å²) in [5.41, 5.74) is 0.590. The largest absolute Gasteiger partial charge is 0.338 e. The zero-order valence-corrected chi connectivity index (χ0v) is 11.3. The highest BCUT2D eigenvalue weighted by Crippen LogP contribution is 2.21. The number of likely N-dealkylation sites (tertiary alicyclic amines) is 1. The van der Waals surface area contributed by atoms with E-state index in [1.54, 1.807) is 12.4 Å². The van der Waals surface area contributed by atoms with Crippen molar-refractivity contribution < 1.29 is 4.79 Å². The highest BCUT2D eigenvalue weighted by Gasteiger charge is 2.24. The first-order valence-corrected chi connectivity index (χ1v) is 7.03. The van der Waals surface area contributed by atoms with E-state index < -0.39 is 0 Å². The summed E-state index contributed by atoms with van der Waals surface area (Å²) in [6, 6.07) is 0. The number of rotatable bonds is 3. The van der Waals surface area contributed by atoms with E-state index >= 15 is 0 Å². The Morgan fingerprint density at radius 2 is 2.24 bits per heavy atom. The summed E-state index contributed by atoms with van der Waals surface area (Å²) in [6.07, 6.45) is 8.07. The van der Waals surface area contributed by atoms with Gasteiger partial charge in [-0.05, 0) is 25.2 Å². The number of halogens is 1. The average molecular weight is 298 g/mol. The molecular formula is C12H16BrN3O. The van der Waals surface area contributed by atoms with Crippen LogP contribution < -0.4 is 0 Å². The van der Waals surface area contributed by atoms with E-state index in [4.69, 9.17) is 0 Å². The second-order valence-electron chi connectivity index (χ2n) is 4.36. The summed E-state index contributed by atoms with van der Waals surface area (Å²) < 4.78 is 0. The van der Waals surface area contributed by atoms with Crippen molar-refractivity contribution >= 4 is 21.8 Å². The normalized spacial score (nSPS) is 20.3. The third-order valence-electron chi connectivity index (χ3n) is 3.13. The second kappa shape index (κ2) is 6.10. The van der Waals surface area contributed by atoms with Crippen molar-refractivity contribution in [3.63, 3.8) is 0 Å². The Hall–Kier alpha value is -0.970. The number of piperidine rings is 1. The standard InChI is InChI=1S/C12H16BrN3O/c13-4-3-10-2-1-5-16(8-10)12(17)11-6-14-9-15-7-11/h6-7,9-10H,1-5,8H2. The lowest BCUT2D eigenvalue weighted by Gasteiger charge is -2.32. The molecule has 1 aromatic rings. The van der Waals surface area contributed by atoms with E-state index in [1.165, 1.54) is 12.7 Å².